The van der Waals surface area contributed by atoms with Gasteiger partial charge in [0.05, 0.1) is 5.69 Å². The Labute approximate surface area is 191 Å². The molecule has 4 rings (SSSR count). The summed E-state index contributed by atoms with van der Waals surface area (Å²) in [7, 11) is 1.55. The van der Waals surface area contributed by atoms with Crippen molar-refractivity contribution in [3.8, 4) is 17.2 Å². The lowest BCUT2D eigenvalue weighted by Gasteiger charge is -2.10. The van der Waals surface area contributed by atoms with Crippen LogP contribution in [0.15, 0.2) is 85.3 Å². The summed E-state index contributed by atoms with van der Waals surface area (Å²) in [6.07, 6.45) is 5.73. The third-order valence-corrected chi connectivity index (χ3v) is 4.92. The maximum atomic E-state index is 12.5. The van der Waals surface area contributed by atoms with E-state index in [2.05, 4.69) is 20.7 Å². The topological polar surface area (TPSA) is 98.1 Å². The molecule has 0 saturated carbocycles. The van der Waals surface area contributed by atoms with Gasteiger partial charge in [-0.3, -0.25) is 14.6 Å². The second kappa shape index (κ2) is 10.2. The minimum atomic E-state index is -0.277. The summed E-state index contributed by atoms with van der Waals surface area (Å²) in [6.45, 7) is 0.485. The highest BCUT2D eigenvalue weighted by atomic mass is 16.5. The first-order valence-corrected chi connectivity index (χ1v) is 10.5. The highest BCUT2D eigenvalue weighted by Crippen LogP contribution is 2.22. The second-order valence-electron chi connectivity index (χ2n) is 7.21. The van der Waals surface area contributed by atoms with Crippen LogP contribution in [0.5, 0.6) is 11.5 Å². The fourth-order valence-corrected chi connectivity index (χ4v) is 3.24. The van der Waals surface area contributed by atoms with E-state index in [1.807, 2.05) is 48.7 Å². The molecular weight excluding hydrogens is 418 g/mol. The van der Waals surface area contributed by atoms with Gasteiger partial charge in [0.25, 0.3) is 11.8 Å². The van der Waals surface area contributed by atoms with E-state index in [4.69, 9.17) is 4.74 Å². The van der Waals surface area contributed by atoms with Crippen LogP contribution in [-0.2, 0) is 6.42 Å². The summed E-state index contributed by atoms with van der Waals surface area (Å²) in [5, 5.41) is 9.66. The maximum absolute atomic E-state index is 12.5. The monoisotopic (exact) mass is 441 g/mol. The molecule has 0 aliphatic heterocycles. The Morgan fingerprint density at radius 1 is 0.939 bits per heavy atom. The van der Waals surface area contributed by atoms with Gasteiger partial charge in [-0.2, -0.15) is 5.10 Å². The number of nitrogens with zero attached hydrogens (tertiary/aromatic N) is 3. The highest BCUT2D eigenvalue weighted by Gasteiger charge is 2.08. The van der Waals surface area contributed by atoms with Crippen LogP contribution in [-0.4, -0.2) is 40.2 Å². The first-order valence-electron chi connectivity index (χ1n) is 10.5. The van der Waals surface area contributed by atoms with Crippen molar-refractivity contribution in [1.82, 2.24) is 25.4 Å². The van der Waals surface area contributed by atoms with Crippen molar-refractivity contribution in [3.05, 3.63) is 102 Å². The van der Waals surface area contributed by atoms with Crippen LogP contribution in [0.1, 0.15) is 26.4 Å². The molecule has 0 saturated heterocycles. The fraction of sp³-hybridized carbons (Fsp3) is 0.120. The minimum absolute atomic E-state index is 0.132. The first kappa shape index (κ1) is 21.8. The van der Waals surface area contributed by atoms with Crippen LogP contribution in [0, 0.1) is 0 Å². The summed E-state index contributed by atoms with van der Waals surface area (Å²) in [5.74, 6) is 0.753. The largest absolute Gasteiger partial charge is 0.457 e. The summed E-state index contributed by atoms with van der Waals surface area (Å²) in [6, 6.07) is 20.0. The molecule has 0 radical (unpaired) electrons. The number of hydrogen-bond donors (Lipinski definition) is 2. The molecule has 2 N–H and O–H groups in total. The molecular formula is C25H23N5O3. The van der Waals surface area contributed by atoms with E-state index in [1.54, 1.807) is 42.2 Å². The Balaban J connectivity index is 1.32. The Kier molecular flexibility index (Phi) is 6.75. The SMILES string of the molecule is CNC(=O)c1cc(Oc2cccc(CCNC(=O)c3ccc(-n4cccn4)cc3)c2)ccn1. The van der Waals surface area contributed by atoms with Gasteiger partial charge >= 0.3 is 0 Å². The molecule has 166 valence electrons. The normalized spacial score (nSPS) is 10.5. The average Bonchev–Trinajstić information content (AvgIpc) is 3.39. The van der Waals surface area contributed by atoms with Crippen molar-refractivity contribution in [2.24, 2.45) is 0 Å². The fourth-order valence-electron chi connectivity index (χ4n) is 3.24. The molecule has 0 atom stereocenters. The van der Waals surface area contributed by atoms with Gasteiger partial charge in [-0.15, -0.1) is 0 Å². The van der Waals surface area contributed by atoms with Crippen molar-refractivity contribution in [3.63, 3.8) is 0 Å². The van der Waals surface area contributed by atoms with Crippen LogP contribution >= 0.6 is 0 Å². The van der Waals surface area contributed by atoms with Gasteiger partial charge in [0.2, 0.25) is 0 Å². The number of amides is 2. The molecule has 0 aliphatic rings. The van der Waals surface area contributed by atoms with E-state index in [0.717, 1.165) is 11.3 Å². The number of ether oxygens (including phenoxy) is 1. The summed E-state index contributed by atoms with van der Waals surface area (Å²) in [5.41, 5.74) is 2.78. The first-order chi connectivity index (χ1) is 16.1. The molecule has 0 fully saturated rings. The van der Waals surface area contributed by atoms with Crippen LogP contribution in [0.4, 0.5) is 0 Å². The summed E-state index contributed by atoms with van der Waals surface area (Å²) < 4.78 is 7.62. The molecule has 33 heavy (non-hydrogen) atoms. The van der Waals surface area contributed by atoms with Crippen LogP contribution in [0.2, 0.25) is 0 Å². The standard InChI is InChI=1S/C25H23N5O3/c1-26-25(32)23-17-22(11-14-27-23)33-21-5-2-4-18(16-21)10-13-28-24(31)19-6-8-20(9-7-19)30-15-3-12-29-30/h2-9,11-12,14-17H,10,13H2,1H3,(H,26,32)(H,28,31). The Morgan fingerprint density at radius 2 is 1.76 bits per heavy atom. The number of nitrogens with one attached hydrogen (secondary N) is 2. The average molecular weight is 441 g/mol. The van der Waals surface area contributed by atoms with E-state index < -0.39 is 0 Å². The van der Waals surface area contributed by atoms with Crippen LogP contribution in [0.25, 0.3) is 5.69 Å². The number of rotatable bonds is 8. The van der Waals surface area contributed by atoms with Crippen molar-refractivity contribution in [2.45, 2.75) is 6.42 Å². The molecule has 0 spiro atoms. The lowest BCUT2D eigenvalue weighted by Crippen LogP contribution is -2.25. The van der Waals surface area contributed by atoms with E-state index in [-0.39, 0.29) is 17.5 Å². The van der Waals surface area contributed by atoms with E-state index in [9.17, 15) is 9.59 Å². The predicted octanol–water partition coefficient (Wildman–Crippen LogP) is 3.39. The van der Waals surface area contributed by atoms with E-state index >= 15 is 0 Å². The van der Waals surface area contributed by atoms with Crippen molar-refractivity contribution >= 4 is 11.8 Å². The van der Waals surface area contributed by atoms with Gasteiger partial charge in [0, 0.05) is 43.8 Å². The number of benzene rings is 2. The smallest absolute Gasteiger partial charge is 0.269 e. The van der Waals surface area contributed by atoms with Gasteiger partial charge in [0.1, 0.15) is 17.2 Å². The molecule has 0 unspecified atom stereocenters. The maximum Gasteiger partial charge on any atom is 0.269 e. The zero-order valence-electron chi connectivity index (χ0n) is 18.1. The molecule has 2 heterocycles. The molecule has 2 amide bonds. The van der Waals surface area contributed by atoms with Crippen molar-refractivity contribution in [2.75, 3.05) is 13.6 Å². The molecule has 2 aromatic carbocycles. The van der Waals surface area contributed by atoms with Crippen molar-refractivity contribution < 1.29 is 14.3 Å². The Morgan fingerprint density at radius 3 is 2.52 bits per heavy atom. The number of carbonyl (C=O) groups is 2. The summed E-state index contributed by atoms with van der Waals surface area (Å²) in [4.78, 5) is 28.2. The zero-order chi connectivity index (χ0) is 23.0. The minimum Gasteiger partial charge on any atom is -0.457 e. The quantitative estimate of drug-likeness (QED) is 0.437. The van der Waals surface area contributed by atoms with Gasteiger partial charge in [0.15, 0.2) is 0 Å². The van der Waals surface area contributed by atoms with Crippen LogP contribution < -0.4 is 15.4 Å². The Hall–Kier alpha value is -4.46. The van der Waals surface area contributed by atoms with Gasteiger partial charge in [-0.25, -0.2) is 4.68 Å². The second-order valence-corrected chi connectivity index (χ2v) is 7.21. The number of hydrogen-bond acceptors (Lipinski definition) is 5. The molecule has 8 nitrogen and oxygen atoms in total. The molecule has 0 aliphatic carbocycles. The number of carbonyl (C=O) groups excluding carboxylic acids is 2. The van der Waals surface area contributed by atoms with E-state index in [1.165, 1.54) is 6.20 Å². The third-order valence-electron chi connectivity index (χ3n) is 4.92. The molecule has 0 bridgehead atoms. The zero-order valence-corrected chi connectivity index (χ0v) is 18.1. The van der Waals surface area contributed by atoms with Gasteiger partial charge in [-0.1, -0.05) is 12.1 Å². The molecule has 2 aromatic heterocycles. The molecule has 8 heteroatoms. The van der Waals surface area contributed by atoms with Gasteiger partial charge < -0.3 is 15.4 Å². The lowest BCUT2D eigenvalue weighted by atomic mass is 10.1. The van der Waals surface area contributed by atoms with Crippen LogP contribution in [0.3, 0.4) is 0 Å². The van der Waals surface area contributed by atoms with Gasteiger partial charge in [-0.05, 0) is 60.5 Å². The summed E-state index contributed by atoms with van der Waals surface area (Å²) >= 11 is 0. The predicted molar refractivity (Wildman–Crippen MR) is 124 cm³/mol. The molecule has 4 aromatic rings. The third kappa shape index (κ3) is 5.62. The lowest BCUT2D eigenvalue weighted by molar-refractivity contribution is 0.0947. The van der Waals surface area contributed by atoms with Crippen molar-refractivity contribution in [1.29, 1.82) is 0 Å². The number of aromatic nitrogens is 3. The number of pyridine rings is 1. The Bertz CT molecular complexity index is 1240. The highest BCUT2D eigenvalue weighted by molar-refractivity contribution is 5.94. The van der Waals surface area contributed by atoms with E-state index in [0.29, 0.717) is 30.0 Å².